The first-order chi connectivity index (χ1) is 15.1. The molecular formula is C23H32N4O4S. The number of fused-ring (bicyclic) bond motifs is 1. The molecule has 8 nitrogen and oxygen atoms in total. The van der Waals surface area contributed by atoms with Gasteiger partial charge in [-0.15, -0.1) is 11.3 Å². The second-order valence-electron chi connectivity index (χ2n) is 8.82. The number of nitriles is 1. The molecule has 32 heavy (non-hydrogen) atoms. The number of rotatable bonds is 10. The van der Waals surface area contributed by atoms with Crippen LogP contribution in [0.5, 0.6) is 5.75 Å². The Kier molecular flexibility index (Phi) is 9.42. The van der Waals surface area contributed by atoms with E-state index in [-0.39, 0.29) is 5.97 Å². The van der Waals surface area contributed by atoms with Gasteiger partial charge in [-0.1, -0.05) is 6.42 Å². The quantitative estimate of drug-likeness (QED) is 0.382. The van der Waals surface area contributed by atoms with Crippen molar-refractivity contribution in [1.82, 2.24) is 14.8 Å². The van der Waals surface area contributed by atoms with E-state index in [1.165, 1.54) is 11.3 Å². The first-order valence-corrected chi connectivity index (χ1v) is 11.5. The molecule has 2 rings (SSSR count). The smallest absolute Gasteiger partial charge is 0.415 e. The fourth-order valence-corrected chi connectivity index (χ4v) is 3.73. The molecule has 1 heterocycles. The van der Waals surface area contributed by atoms with E-state index in [9.17, 15) is 9.59 Å². The lowest BCUT2D eigenvalue weighted by atomic mass is 10.1. The van der Waals surface area contributed by atoms with Crippen LogP contribution in [0.25, 0.3) is 10.2 Å². The monoisotopic (exact) mass is 460 g/mol. The van der Waals surface area contributed by atoms with Crippen LogP contribution in [0.15, 0.2) is 18.2 Å². The van der Waals surface area contributed by atoms with Crippen molar-refractivity contribution in [1.29, 1.82) is 5.26 Å². The zero-order valence-corrected chi connectivity index (χ0v) is 20.3. The zero-order chi connectivity index (χ0) is 23.7. The molecule has 0 atom stereocenters. The van der Waals surface area contributed by atoms with E-state index in [2.05, 4.69) is 4.98 Å². The molecule has 1 aromatic heterocycles. The maximum atomic E-state index is 12.8. The van der Waals surface area contributed by atoms with Gasteiger partial charge < -0.3 is 19.3 Å². The number of ether oxygens (including phenoxy) is 2. The zero-order valence-electron chi connectivity index (χ0n) is 19.5. The Bertz CT molecular complexity index is 959. The van der Waals surface area contributed by atoms with Crippen molar-refractivity contribution in [2.75, 3.05) is 33.7 Å². The summed E-state index contributed by atoms with van der Waals surface area (Å²) in [6.07, 6.45) is 2.26. The molecule has 174 valence electrons. The highest BCUT2D eigenvalue weighted by molar-refractivity contribution is 7.19. The number of nitrogens with zero attached hydrogens (tertiary/aromatic N) is 4. The standard InChI is InChI=1S/C23H32N4O4S/c1-23(2,3)31-21(28)9-7-6-8-12-27(14-13-26(4)5)22(29)30-17-10-11-18-19(15-17)32-20(16-24)25-18/h10-11,15H,6-9,12-14H2,1-5H3. The molecule has 9 heteroatoms. The Labute approximate surface area is 193 Å². The molecule has 1 aromatic carbocycles. The van der Waals surface area contributed by atoms with Crippen LogP contribution in [0.2, 0.25) is 0 Å². The second kappa shape index (κ2) is 11.8. The van der Waals surface area contributed by atoms with Crippen molar-refractivity contribution >= 4 is 33.6 Å². The predicted octanol–water partition coefficient (Wildman–Crippen LogP) is 4.43. The van der Waals surface area contributed by atoms with Crippen molar-refractivity contribution in [3.8, 4) is 11.8 Å². The maximum absolute atomic E-state index is 12.8. The minimum atomic E-state index is -0.470. The third-order valence-electron chi connectivity index (χ3n) is 4.46. The number of carbonyl (C=O) groups is 2. The topological polar surface area (TPSA) is 95.8 Å². The van der Waals surface area contributed by atoms with Gasteiger partial charge in [-0.05, 0) is 59.8 Å². The summed E-state index contributed by atoms with van der Waals surface area (Å²) in [5.41, 5.74) is 0.239. The first kappa shape index (κ1) is 25.6. The van der Waals surface area contributed by atoms with Gasteiger partial charge in [-0.3, -0.25) is 4.79 Å². The van der Waals surface area contributed by atoms with Crippen LogP contribution in [-0.2, 0) is 9.53 Å². The van der Waals surface area contributed by atoms with Crippen LogP contribution in [0.1, 0.15) is 51.5 Å². The summed E-state index contributed by atoms with van der Waals surface area (Å²) in [6.45, 7) is 7.37. The number of likely N-dealkylation sites (N-methyl/N-ethyl adjacent to an activating group) is 1. The van der Waals surface area contributed by atoms with Crippen LogP contribution >= 0.6 is 11.3 Å². The predicted molar refractivity (Wildman–Crippen MR) is 125 cm³/mol. The Balaban J connectivity index is 1.89. The molecular weight excluding hydrogens is 428 g/mol. The molecule has 0 fully saturated rings. The lowest BCUT2D eigenvalue weighted by molar-refractivity contribution is -0.154. The number of hydrogen-bond donors (Lipinski definition) is 0. The molecule has 0 radical (unpaired) electrons. The summed E-state index contributed by atoms with van der Waals surface area (Å²) in [5, 5.41) is 9.38. The number of thiazole rings is 1. The van der Waals surface area contributed by atoms with Crippen molar-refractivity contribution in [3.05, 3.63) is 23.2 Å². The number of unbranched alkanes of at least 4 members (excludes halogenated alkanes) is 2. The minimum Gasteiger partial charge on any atom is -0.460 e. The minimum absolute atomic E-state index is 0.195. The first-order valence-electron chi connectivity index (χ1n) is 10.7. The van der Waals surface area contributed by atoms with Crippen LogP contribution in [0, 0.1) is 11.3 Å². The summed E-state index contributed by atoms with van der Waals surface area (Å²) < 4.78 is 11.7. The van der Waals surface area contributed by atoms with E-state index in [0.717, 1.165) is 24.0 Å². The van der Waals surface area contributed by atoms with Crippen molar-refractivity contribution < 1.29 is 19.1 Å². The normalized spacial score (nSPS) is 11.4. The number of hydrogen-bond acceptors (Lipinski definition) is 8. The molecule has 0 unspecified atom stereocenters. The summed E-state index contributed by atoms with van der Waals surface area (Å²) in [7, 11) is 3.91. The second-order valence-corrected chi connectivity index (χ2v) is 9.85. The molecule has 1 amide bonds. The van der Waals surface area contributed by atoms with Gasteiger partial charge in [0.15, 0.2) is 5.01 Å². The van der Waals surface area contributed by atoms with E-state index in [4.69, 9.17) is 14.7 Å². The van der Waals surface area contributed by atoms with Crippen LogP contribution in [0.3, 0.4) is 0 Å². The highest BCUT2D eigenvalue weighted by Gasteiger charge is 2.18. The third-order valence-corrected chi connectivity index (χ3v) is 5.39. The third kappa shape index (κ3) is 8.81. The Hall–Kier alpha value is -2.70. The molecule has 0 spiro atoms. The van der Waals surface area contributed by atoms with Crippen molar-refractivity contribution in [2.24, 2.45) is 0 Å². The molecule has 0 saturated carbocycles. The summed E-state index contributed by atoms with van der Waals surface area (Å²) in [4.78, 5) is 32.5. The van der Waals surface area contributed by atoms with E-state index in [0.29, 0.717) is 42.3 Å². The Morgan fingerprint density at radius 2 is 1.88 bits per heavy atom. The molecule has 2 aromatic rings. The molecule has 0 saturated heterocycles. The molecule has 0 N–H and O–H groups in total. The maximum Gasteiger partial charge on any atom is 0.415 e. The SMILES string of the molecule is CN(C)CCN(CCCCCC(=O)OC(C)(C)C)C(=O)Oc1ccc2nc(C#N)sc2c1. The molecule has 0 bridgehead atoms. The van der Waals surface area contributed by atoms with Crippen LogP contribution in [-0.4, -0.2) is 66.2 Å². The van der Waals surface area contributed by atoms with Gasteiger partial charge in [0.1, 0.15) is 17.4 Å². The van der Waals surface area contributed by atoms with Gasteiger partial charge in [-0.2, -0.15) is 5.26 Å². The highest BCUT2D eigenvalue weighted by Crippen LogP contribution is 2.26. The van der Waals surface area contributed by atoms with E-state index in [1.54, 1.807) is 23.1 Å². The van der Waals surface area contributed by atoms with E-state index < -0.39 is 11.7 Å². The van der Waals surface area contributed by atoms with Gasteiger partial charge in [0, 0.05) is 32.1 Å². The van der Waals surface area contributed by atoms with Crippen LogP contribution < -0.4 is 4.74 Å². The fourth-order valence-electron chi connectivity index (χ4n) is 2.94. The summed E-state index contributed by atoms with van der Waals surface area (Å²) in [6, 6.07) is 7.20. The largest absolute Gasteiger partial charge is 0.460 e. The average Bonchev–Trinajstić information content (AvgIpc) is 3.10. The van der Waals surface area contributed by atoms with Gasteiger partial charge >= 0.3 is 12.1 Å². The van der Waals surface area contributed by atoms with Gasteiger partial charge in [-0.25, -0.2) is 9.78 Å². The number of amides is 1. The molecule has 0 aliphatic heterocycles. The van der Waals surface area contributed by atoms with E-state index >= 15 is 0 Å². The lowest BCUT2D eigenvalue weighted by Gasteiger charge is -2.24. The Morgan fingerprint density at radius 3 is 2.53 bits per heavy atom. The number of carbonyl (C=O) groups excluding carboxylic acids is 2. The fraction of sp³-hybridized carbons (Fsp3) is 0.565. The number of aromatic nitrogens is 1. The van der Waals surface area contributed by atoms with Crippen molar-refractivity contribution in [3.63, 3.8) is 0 Å². The van der Waals surface area contributed by atoms with Gasteiger partial charge in [0.2, 0.25) is 0 Å². The van der Waals surface area contributed by atoms with Crippen molar-refractivity contribution in [2.45, 2.75) is 52.1 Å². The lowest BCUT2D eigenvalue weighted by Crippen LogP contribution is -2.39. The van der Waals surface area contributed by atoms with E-state index in [1.807, 2.05) is 45.8 Å². The van der Waals surface area contributed by atoms with Gasteiger partial charge in [0.05, 0.1) is 10.2 Å². The Morgan fingerprint density at radius 1 is 1.12 bits per heavy atom. The van der Waals surface area contributed by atoms with Gasteiger partial charge in [0.25, 0.3) is 0 Å². The average molecular weight is 461 g/mol. The highest BCUT2D eigenvalue weighted by atomic mass is 32.1. The van der Waals surface area contributed by atoms with Crippen LogP contribution in [0.4, 0.5) is 4.79 Å². The summed E-state index contributed by atoms with van der Waals surface area (Å²) in [5.74, 6) is 0.231. The summed E-state index contributed by atoms with van der Waals surface area (Å²) >= 11 is 1.26. The molecule has 0 aliphatic rings. The molecule has 0 aliphatic carbocycles. The number of benzene rings is 1. The number of esters is 1.